The van der Waals surface area contributed by atoms with Gasteiger partial charge < -0.3 is 9.64 Å². The number of nitrogens with one attached hydrogen (secondary N) is 2. The van der Waals surface area contributed by atoms with E-state index in [1.165, 1.54) is 17.7 Å². The number of hydrogen-bond acceptors (Lipinski definition) is 5. The first-order valence-electron chi connectivity index (χ1n) is 9.79. The van der Waals surface area contributed by atoms with Gasteiger partial charge in [0.15, 0.2) is 0 Å². The van der Waals surface area contributed by atoms with Gasteiger partial charge in [0.1, 0.15) is 12.3 Å². The summed E-state index contributed by atoms with van der Waals surface area (Å²) in [6.07, 6.45) is 6.14. The summed E-state index contributed by atoms with van der Waals surface area (Å²) in [4.78, 5) is 23.9. The van der Waals surface area contributed by atoms with E-state index in [1.54, 1.807) is 19.1 Å². The standard InChI is InChI=1S/C20H27N3O5S/c1-15(17-6-5-7-18(12-17)28-14-16-8-9-16)22-29(26,27)11-4-2-3-10-23-13-19(24)21-20(23)25/h2-3,5-7,12,15-16,22H,4,8-11,13-14H2,1H3,(H,21,24,25)/b3-2+. The van der Waals surface area contributed by atoms with Crippen LogP contribution in [0.3, 0.4) is 0 Å². The zero-order chi connectivity index (χ0) is 20.9. The number of amides is 3. The molecule has 1 heterocycles. The molecule has 158 valence electrons. The van der Waals surface area contributed by atoms with Gasteiger partial charge in [-0.15, -0.1) is 0 Å². The zero-order valence-corrected chi connectivity index (χ0v) is 17.3. The average molecular weight is 422 g/mol. The molecule has 29 heavy (non-hydrogen) atoms. The minimum atomic E-state index is -3.47. The number of nitrogens with zero attached hydrogens (tertiary/aromatic N) is 1. The number of ether oxygens (including phenoxy) is 1. The van der Waals surface area contributed by atoms with Crippen LogP contribution in [0, 0.1) is 5.92 Å². The third-order valence-electron chi connectivity index (χ3n) is 4.81. The van der Waals surface area contributed by atoms with E-state index in [1.807, 2.05) is 24.3 Å². The van der Waals surface area contributed by atoms with Crippen LogP contribution >= 0.6 is 0 Å². The van der Waals surface area contributed by atoms with Crippen LogP contribution in [0.15, 0.2) is 36.4 Å². The van der Waals surface area contributed by atoms with Crippen molar-refractivity contribution in [3.05, 3.63) is 42.0 Å². The minimum Gasteiger partial charge on any atom is -0.493 e. The Bertz CT molecular complexity index is 880. The lowest BCUT2D eigenvalue weighted by atomic mass is 10.1. The Kier molecular flexibility index (Phi) is 6.92. The predicted molar refractivity (Wildman–Crippen MR) is 109 cm³/mol. The molecule has 2 fully saturated rings. The van der Waals surface area contributed by atoms with E-state index >= 15 is 0 Å². The molecule has 3 rings (SSSR count). The SMILES string of the molecule is CC(NS(=O)(=O)CC/C=C/CN1CC(=O)NC1=O)c1cccc(OCC2CC2)c1. The number of hydrogen-bond donors (Lipinski definition) is 2. The third kappa shape index (κ3) is 6.86. The summed E-state index contributed by atoms with van der Waals surface area (Å²) < 4.78 is 33.1. The second-order valence-corrected chi connectivity index (χ2v) is 9.35. The predicted octanol–water partition coefficient (Wildman–Crippen LogP) is 1.95. The van der Waals surface area contributed by atoms with Gasteiger partial charge in [-0.05, 0) is 49.8 Å². The van der Waals surface area contributed by atoms with E-state index in [4.69, 9.17) is 4.74 Å². The summed E-state index contributed by atoms with van der Waals surface area (Å²) in [7, 11) is -3.47. The van der Waals surface area contributed by atoms with Crippen molar-refractivity contribution in [3.8, 4) is 5.75 Å². The molecule has 0 radical (unpaired) electrons. The van der Waals surface area contributed by atoms with Crippen molar-refractivity contribution in [1.82, 2.24) is 14.9 Å². The highest BCUT2D eigenvalue weighted by Crippen LogP contribution is 2.30. The van der Waals surface area contributed by atoms with Gasteiger partial charge in [0.05, 0.1) is 12.4 Å². The molecule has 1 saturated carbocycles. The molecule has 2 N–H and O–H groups in total. The number of rotatable bonds is 11. The van der Waals surface area contributed by atoms with Crippen LogP contribution in [0.25, 0.3) is 0 Å². The number of sulfonamides is 1. The molecule has 9 heteroatoms. The highest BCUT2D eigenvalue weighted by molar-refractivity contribution is 7.89. The van der Waals surface area contributed by atoms with Crippen molar-refractivity contribution in [2.24, 2.45) is 5.92 Å². The molecular formula is C20H27N3O5S. The second-order valence-electron chi connectivity index (χ2n) is 7.48. The average Bonchev–Trinajstić information content (AvgIpc) is 3.44. The summed E-state index contributed by atoms with van der Waals surface area (Å²) in [5, 5.41) is 2.19. The maximum Gasteiger partial charge on any atom is 0.324 e. The van der Waals surface area contributed by atoms with Gasteiger partial charge in [-0.3, -0.25) is 10.1 Å². The lowest BCUT2D eigenvalue weighted by Crippen LogP contribution is -2.29. The van der Waals surface area contributed by atoms with Crippen LogP contribution in [-0.4, -0.2) is 50.7 Å². The smallest absolute Gasteiger partial charge is 0.324 e. The Hall–Kier alpha value is -2.39. The summed E-state index contributed by atoms with van der Waals surface area (Å²) in [5.74, 6) is 1.03. The topological polar surface area (TPSA) is 105 Å². The Labute approximate surface area is 171 Å². The molecule has 8 nitrogen and oxygen atoms in total. The fourth-order valence-corrected chi connectivity index (χ4v) is 4.18. The molecule has 1 aliphatic carbocycles. The van der Waals surface area contributed by atoms with Crippen LogP contribution in [0.1, 0.15) is 37.8 Å². The van der Waals surface area contributed by atoms with Gasteiger partial charge in [0.2, 0.25) is 15.9 Å². The molecule has 0 spiro atoms. The first-order valence-corrected chi connectivity index (χ1v) is 11.4. The van der Waals surface area contributed by atoms with Gasteiger partial charge in [0, 0.05) is 12.6 Å². The minimum absolute atomic E-state index is 0.0317. The summed E-state index contributed by atoms with van der Waals surface area (Å²) in [6.45, 7) is 2.82. The van der Waals surface area contributed by atoms with Crippen LogP contribution in [0.4, 0.5) is 4.79 Å². The van der Waals surface area contributed by atoms with Crippen molar-refractivity contribution in [1.29, 1.82) is 0 Å². The highest BCUT2D eigenvalue weighted by Gasteiger charge is 2.25. The lowest BCUT2D eigenvalue weighted by Gasteiger charge is -2.15. The first kappa shape index (κ1) is 21.3. The Morgan fingerprint density at radius 3 is 2.79 bits per heavy atom. The highest BCUT2D eigenvalue weighted by atomic mass is 32.2. The second kappa shape index (κ2) is 9.41. The molecule has 3 amide bonds. The number of allylic oxidation sites excluding steroid dienone is 1. The number of benzene rings is 1. The molecule has 1 aromatic carbocycles. The Morgan fingerprint density at radius 2 is 2.10 bits per heavy atom. The van der Waals surface area contributed by atoms with Crippen molar-refractivity contribution in [3.63, 3.8) is 0 Å². The molecule has 1 aliphatic heterocycles. The van der Waals surface area contributed by atoms with E-state index in [0.29, 0.717) is 18.9 Å². The van der Waals surface area contributed by atoms with Gasteiger partial charge in [-0.2, -0.15) is 0 Å². The van der Waals surface area contributed by atoms with E-state index in [2.05, 4.69) is 10.0 Å². The lowest BCUT2D eigenvalue weighted by molar-refractivity contribution is -0.118. The molecule has 1 aromatic rings. The summed E-state index contributed by atoms with van der Waals surface area (Å²) in [5.41, 5.74) is 0.849. The van der Waals surface area contributed by atoms with E-state index < -0.39 is 16.1 Å². The monoisotopic (exact) mass is 421 g/mol. The zero-order valence-electron chi connectivity index (χ0n) is 16.5. The summed E-state index contributed by atoms with van der Waals surface area (Å²) in [6, 6.07) is 6.70. The number of imide groups is 1. The maximum absolute atomic E-state index is 12.3. The van der Waals surface area contributed by atoms with Crippen molar-refractivity contribution >= 4 is 22.0 Å². The fraction of sp³-hybridized carbons (Fsp3) is 0.500. The molecule has 0 aromatic heterocycles. The fourth-order valence-electron chi connectivity index (χ4n) is 2.94. The van der Waals surface area contributed by atoms with Crippen molar-refractivity contribution in [2.75, 3.05) is 25.4 Å². The number of urea groups is 1. The van der Waals surface area contributed by atoms with E-state index in [-0.39, 0.29) is 30.8 Å². The normalized spacial score (nSPS) is 18.3. The largest absolute Gasteiger partial charge is 0.493 e. The molecule has 0 bridgehead atoms. The van der Waals surface area contributed by atoms with E-state index in [0.717, 1.165) is 11.3 Å². The van der Waals surface area contributed by atoms with Gasteiger partial charge in [0.25, 0.3) is 0 Å². The van der Waals surface area contributed by atoms with Crippen molar-refractivity contribution in [2.45, 2.75) is 32.2 Å². The van der Waals surface area contributed by atoms with Gasteiger partial charge in [-0.1, -0.05) is 24.3 Å². The van der Waals surface area contributed by atoms with Gasteiger partial charge >= 0.3 is 6.03 Å². The van der Waals surface area contributed by atoms with E-state index in [9.17, 15) is 18.0 Å². The van der Waals surface area contributed by atoms with Crippen LogP contribution < -0.4 is 14.8 Å². The van der Waals surface area contributed by atoms with Crippen LogP contribution in [0.5, 0.6) is 5.75 Å². The summed E-state index contributed by atoms with van der Waals surface area (Å²) >= 11 is 0. The molecule has 1 unspecified atom stereocenters. The first-order chi connectivity index (χ1) is 13.8. The quantitative estimate of drug-likeness (QED) is 0.420. The van der Waals surface area contributed by atoms with Gasteiger partial charge in [-0.25, -0.2) is 17.9 Å². The number of carbonyl (C=O) groups is 2. The molecular weight excluding hydrogens is 394 g/mol. The molecule has 1 atom stereocenters. The van der Waals surface area contributed by atoms with Crippen LogP contribution in [0.2, 0.25) is 0 Å². The maximum atomic E-state index is 12.3. The third-order valence-corrected chi connectivity index (χ3v) is 6.30. The Balaban J connectivity index is 1.43. The van der Waals surface area contributed by atoms with Crippen LogP contribution in [-0.2, 0) is 14.8 Å². The van der Waals surface area contributed by atoms with Crippen molar-refractivity contribution < 1.29 is 22.7 Å². The molecule has 2 aliphatic rings. The number of carbonyl (C=O) groups excluding carboxylic acids is 2. The Morgan fingerprint density at radius 1 is 1.31 bits per heavy atom. The molecule has 1 saturated heterocycles.